The third-order valence-corrected chi connectivity index (χ3v) is 6.10. The Morgan fingerprint density at radius 1 is 0.775 bits per heavy atom. The standard InChI is InChI=1S/C31H36N4O5/c1-21(2)29(31(39)33-17-16-22-10-5-3-6-11-22)35-30(38)26(20-27(32)36)34-28(37)19-23-12-9-15-25(18-23)40-24-13-7-4-8-14-24/h3-15,18,21,26,29H,16-17,19-20H2,1-2H3,(H2,32,36)(H,33,39)(H,34,37)(H,35,38)/t26-,29-/m0/s1. The summed E-state index contributed by atoms with van der Waals surface area (Å²) in [5, 5.41) is 8.12. The number of rotatable bonds is 14. The van der Waals surface area contributed by atoms with Gasteiger partial charge < -0.3 is 26.4 Å². The lowest BCUT2D eigenvalue weighted by atomic mass is 10.0. The molecule has 0 aliphatic carbocycles. The quantitative estimate of drug-likeness (QED) is 0.247. The summed E-state index contributed by atoms with van der Waals surface area (Å²) in [7, 11) is 0. The van der Waals surface area contributed by atoms with Crippen LogP contribution in [0.2, 0.25) is 0 Å². The van der Waals surface area contributed by atoms with E-state index < -0.39 is 36.2 Å². The van der Waals surface area contributed by atoms with Crippen LogP contribution >= 0.6 is 0 Å². The van der Waals surface area contributed by atoms with E-state index in [1.54, 1.807) is 38.1 Å². The number of benzene rings is 3. The topological polar surface area (TPSA) is 140 Å². The minimum atomic E-state index is -1.23. The molecule has 3 aromatic carbocycles. The van der Waals surface area contributed by atoms with Gasteiger partial charge in [0.1, 0.15) is 23.6 Å². The Hall–Kier alpha value is -4.66. The molecule has 3 aromatic rings. The van der Waals surface area contributed by atoms with Crippen molar-refractivity contribution in [3.8, 4) is 11.5 Å². The molecule has 0 bridgehead atoms. The van der Waals surface area contributed by atoms with E-state index in [1.165, 1.54) is 0 Å². The van der Waals surface area contributed by atoms with Crippen molar-refractivity contribution in [3.05, 3.63) is 96.1 Å². The zero-order valence-corrected chi connectivity index (χ0v) is 22.8. The molecule has 0 spiro atoms. The average Bonchev–Trinajstić information content (AvgIpc) is 2.92. The van der Waals surface area contributed by atoms with Gasteiger partial charge in [-0.25, -0.2) is 0 Å². The second-order valence-electron chi connectivity index (χ2n) is 9.79. The second-order valence-corrected chi connectivity index (χ2v) is 9.79. The van der Waals surface area contributed by atoms with Crippen LogP contribution in [0.1, 0.15) is 31.4 Å². The lowest BCUT2D eigenvalue weighted by Gasteiger charge is -2.25. The maximum Gasteiger partial charge on any atom is 0.243 e. The highest BCUT2D eigenvalue weighted by molar-refractivity contribution is 5.95. The molecule has 0 heterocycles. The summed E-state index contributed by atoms with van der Waals surface area (Å²) >= 11 is 0. The van der Waals surface area contributed by atoms with E-state index in [0.29, 0.717) is 30.0 Å². The molecule has 4 amide bonds. The molecule has 9 heteroatoms. The maximum absolute atomic E-state index is 13.1. The van der Waals surface area contributed by atoms with Crippen molar-refractivity contribution < 1.29 is 23.9 Å². The van der Waals surface area contributed by atoms with Gasteiger partial charge in [0, 0.05) is 6.54 Å². The largest absolute Gasteiger partial charge is 0.457 e. The Morgan fingerprint density at radius 2 is 1.40 bits per heavy atom. The molecule has 9 nitrogen and oxygen atoms in total. The Kier molecular flexibility index (Phi) is 11.3. The third-order valence-electron chi connectivity index (χ3n) is 6.10. The molecule has 3 rings (SSSR count). The fraction of sp³-hybridized carbons (Fsp3) is 0.290. The third kappa shape index (κ3) is 9.90. The first-order chi connectivity index (χ1) is 19.2. The Morgan fingerprint density at radius 3 is 2.05 bits per heavy atom. The molecular weight excluding hydrogens is 508 g/mol. The predicted molar refractivity (Wildman–Crippen MR) is 152 cm³/mol. The number of carbonyl (C=O) groups excluding carboxylic acids is 4. The minimum absolute atomic E-state index is 0.0535. The first-order valence-electron chi connectivity index (χ1n) is 13.2. The van der Waals surface area contributed by atoms with Crippen LogP contribution in [0.3, 0.4) is 0 Å². The van der Waals surface area contributed by atoms with Crippen molar-refractivity contribution in [1.82, 2.24) is 16.0 Å². The molecule has 0 radical (unpaired) electrons. The van der Waals surface area contributed by atoms with Gasteiger partial charge in [0.15, 0.2) is 0 Å². The van der Waals surface area contributed by atoms with Crippen LogP contribution in [0.15, 0.2) is 84.9 Å². The van der Waals surface area contributed by atoms with Crippen molar-refractivity contribution in [2.45, 2.75) is 45.2 Å². The van der Waals surface area contributed by atoms with Crippen LogP contribution in [-0.4, -0.2) is 42.3 Å². The molecule has 0 unspecified atom stereocenters. The lowest BCUT2D eigenvalue weighted by molar-refractivity contribution is -0.134. The van der Waals surface area contributed by atoms with Gasteiger partial charge in [-0.1, -0.05) is 74.5 Å². The van der Waals surface area contributed by atoms with E-state index >= 15 is 0 Å². The van der Waals surface area contributed by atoms with Gasteiger partial charge in [0.25, 0.3) is 0 Å². The number of nitrogens with one attached hydrogen (secondary N) is 3. The highest BCUT2D eigenvalue weighted by atomic mass is 16.5. The first-order valence-corrected chi connectivity index (χ1v) is 13.2. The Balaban J connectivity index is 1.59. The first kappa shape index (κ1) is 29.9. The fourth-order valence-corrected chi connectivity index (χ4v) is 4.06. The molecular formula is C31H36N4O5. The molecule has 0 fully saturated rings. The van der Waals surface area contributed by atoms with E-state index in [-0.39, 0.29) is 18.2 Å². The summed E-state index contributed by atoms with van der Waals surface area (Å²) in [6, 6.07) is 23.9. The van der Waals surface area contributed by atoms with Crippen molar-refractivity contribution in [2.24, 2.45) is 11.7 Å². The number of para-hydroxylation sites is 1. The zero-order valence-electron chi connectivity index (χ0n) is 22.8. The van der Waals surface area contributed by atoms with Gasteiger partial charge in [0.05, 0.1) is 12.8 Å². The molecule has 0 saturated carbocycles. The van der Waals surface area contributed by atoms with Crippen LogP contribution in [0.5, 0.6) is 11.5 Å². The summed E-state index contributed by atoms with van der Waals surface area (Å²) < 4.78 is 5.82. The van der Waals surface area contributed by atoms with Gasteiger partial charge >= 0.3 is 0 Å². The number of hydrogen-bond acceptors (Lipinski definition) is 5. The van der Waals surface area contributed by atoms with Crippen LogP contribution < -0.4 is 26.4 Å². The monoisotopic (exact) mass is 544 g/mol. The highest BCUT2D eigenvalue weighted by Crippen LogP contribution is 2.22. The van der Waals surface area contributed by atoms with Crippen LogP contribution in [0.25, 0.3) is 0 Å². The minimum Gasteiger partial charge on any atom is -0.457 e. The van der Waals surface area contributed by atoms with Gasteiger partial charge in [-0.3, -0.25) is 19.2 Å². The molecule has 2 atom stereocenters. The van der Waals surface area contributed by atoms with Gasteiger partial charge in [-0.15, -0.1) is 0 Å². The van der Waals surface area contributed by atoms with Crippen molar-refractivity contribution >= 4 is 23.6 Å². The summed E-state index contributed by atoms with van der Waals surface area (Å²) in [5.41, 5.74) is 7.09. The zero-order chi connectivity index (χ0) is 28.9. The van der Waals surface area contributed by atoms with E-state index in [2.05, 4.69) is 16.0 Å². The SMILES string of the molecule is CC(C)[C@H](NC(=O)[C@H](CC(N)=O)NC(=O)Cc1cccc(Oc2ccccc2)c1)C(=O)NCCc1ccccc1. The van der Waals surface area contributed by atoms with E-state index in [9.17, 15) is 19.2 Å². The normalized spacial score (nSPS) is 12.2. The highest BCUT2D eigenvalue weighted by Gasteiger charge is 2.29. The Bertz CT molecular complexity index is 1280. The van der Waals surface area contributed by atoms with E-state index in [4.69, 9.17) is 10.5 Å². The number of ether oxygens (including phenoxy) is 1. The fourth-order valence-electron chi connectivity index (χ4n) is 4.06. The molecule has 0 aliphatic rings. The van der Waals surface area contributed by atoms with Crippen LogP contribution in [0.4, 0.5) is 0 Å². The Labute approximate surface area is 234 Å². The van der Waals surface area contributed by atoms with E-state index in [1.807, 2.05) is 60.7 Å². The number of primary amides is 1. The smallest absolute Gasteiger partial charge is 0.243 e. The average molecular weight is 545 g/mol. The van der Waals surface area contributed by atoms with Gasteiger partial charge in [-0.05, 0) is 47.7 Å². The number of amides is 4. The summed E-state index contributed by atoms with van der Waals surface area (Å²) in [4.78, 5) is 50.5. The molecule has 5 N–H and O–H groups in total. The number of carbonyl (C=O) groups is 4. The van der Waals surface area contributed by atoms with Gasteiger partial charge in [-0.2, -0.15) is 0 Å². The summed E-state index contributed by atoms with van der Waals surface area (Å²) in [6.45, 7) is 4.00. The summed E-state index contributed by atoms with van der Waals surface area (Å²) in [6.07, 6.45) is 0.181. The number of nitrogens with two attached hydrogens (primary N) is 1. The maximum atomic E-state index is 13.1. The van der Waals surface area contributed by atoms with Gasteiger partial charge in [0.2, 0.25) is 23.6 Å². The number of hydrogen-bond donors (Lipinski definition) is 4. The molecule has 210 valence electrons. The lowest BCUT2D eigenvalue weighted by Crippen LogP contribution is -2.56. The molecule has 40 heavy (non-hydrogen) atoms. The van der Waals surface area contributed by atoms with Crippen LogP contribution in [-0.2, 0) is 32.0 Å². The molecule has 0 aromatic heterocycles. The van der Waals surface area contributed by atoms with Crippen molar-refractivity contribution in [3.63, 3.8) is 0 Å². The van der Waals surface area contributed by atoms with Crippen molar-refractivity contribution in [1.29, 1.82) is 0 Å². The molecule has 0 saturated heterocycles. The predicted octanol–water partition coefficient (Wildman–Crippen LogP) is 2.88. The second kappa shape index (κ2) is 15.1. The molecule has 0 aliphatic heterocycles. The van der Waals surface area contributed by atoms with Crippen molar-refractivity contribution in [2.75, 3.05) is 6.54 Å². The summed E-state index contributed by atoms with van der Waals surface area (Å²) in [5.74, 6) is -1.27. The van der Waals surface area contributed by atoms with E-state index in [0.717, 1.165) is 5.56 Å². The van der Waals surface area contributed by atoms with Crippen LogP contribution in [0, 0.1) is 5.92 Å².